The Morgan fingerprint density at radius 2 is 2.20 bits per heavy atom. The quantitative estimate of drug-likeness (QED) is 0.547. The van der Waals surface area contributed by atoms with Gasteiger partial charge in [0.15, 0.2) is 0 Å². The Labute approximate surface area is 61.6 Å². The number of piperidine rings is 1. The zero-order chi connectivity index (χ0) is 6.97. The lowest BCUT2D eigenvalue weighted by molar-refractivity contribution is 0.195. The molecule has 2 heteroatoms. The van der Waals surface area contributed by atoms with Crippen LogP contribution in [-0.2, 0) is 0 Å². The molecule has 1 aliphatic carbocycles. The van der Waals surface area contributed by atoms with Crippen LogP contribution in [0.5, 0.6) is 0 Å². The van der Waals surface area contributed by atoms with Crippen molar-refractivity contribution in [1.29, 1.82) is 0 Å². The Bertz CT molecular complexity index is 126. The summed E-state index contributed by atoms with van der Waals surface area (Å²) in [5.41, 5.74) is 0. The topological polar surface area (TPSA) is 32.3 Å². The van der Waals surface area contributed by atoms with E-state index in [0.717, 1.165) is 18.4 Å². The summed E-state index contributed by atoms with van der Waals surface area (Å²) in [6.45, 7) is 2.73. The second-order valence-corrected chi connectivity index (χ2v) is 3.70. The summed E-state index contributed by atoms with van der Waals surface area (Å²) in [7, 11) is 0. The zero-order valence-corrected chi connectivity index (χ0v) is 6.21. The second-order valence-electron chi connectivity index (χ2n) is 3.70. The van der Waals surface area contributed by atoms with Gasteiger partial charge in [0, 0.05) is 6.61 Å². The number of hydrogen-bond donors (Lipinski definition) is 2. The summed E-state index contributed by atoms with van der Waals surface area (Å²) >= 11 is 0. The molecule has 0 aromatic carbocycles. The lowest BCUT2D eigenvalue weighted by atomic mass is 9.96. The van der Waals surface area contributed by atoms with Crippen LogP contribution < -0.4 is 5.32 Å². The molecule has 58 valence electrons. The van der Waals surface area contributed by atoms with Crippen molar-refractivity contribution in [3.05, 3.63) is 0 Å². The van der Waals surface area contributed by atoms with E-state index in [4.69, 9.17) is 5.11 Å². The molecule has 1 saturated heterocycles. The summed E-state index contributed by atoms with van der Waals surface area (Å²) in [5, 5.41) is 12.4. The molecule has 3 unspecified atom stereocenters. The van der Waals surface area contributed by atoms with Gasteiger partial charge in [0.25, 0.3) is 0 Å². The molecule has 0 radical (unpaired) electrons. The number of aliphatic hydroxyl groups is 1. The van der Waals surface area contributed by atoms with Crippen molar-refractivity contribution in [1.82, 2.24) is 5.32 Å². The Morgan fingerprint density at radius 1 is 1.30 bits per heavy atom. The average Bonchev–Trinajstić information content (AvgIpc) is 2.26. The Morgan fingerprint density at radius 3 is 2.90 bits per heavy atom. The fourth-order valence-electron chi connectivity index (χ4n) is 2.45. The minimum absolute atomic E-state index is 0.406. The molecule has 1 heterocycles. The first-order valence-corrected chi connectivity index (χ1v) is 4.21. The third-order valence-electron chi connectivity index (χ3n) is 3.01. The third-order valence-corrected chi connectivity index (χ3v) is 3.01. The molecule has 1 aliphatic heterocycles. The number of nitrogens with one attached hydrogen (secondary N) is 1. The van der Waals surface area contributed by atoms with Crippen LogP contribution in [0.4, 0.5) is 0 Å². The Balaban J connectivity index is 2.01. The van der Waals surface area contributed by atoms with E-state index in [1.165, 1.54) is 19.4 Å². The first-order chi connectivity index (χ1) is 4.90. The second kappa shape index (κ2) is 2.51. The van der Waals surface area contributed by atoms with Crippen molar-refractivity contribution in [2.24, 2.45) is 17.8 Å². The average molecular weight is 141 g/mol. The van der Waals surface area contributed by atoms with E-state index in [-0.39, 0.29) is 0 Å². The van der Waals surface area contributed by atoms with Gasteiger partial charge in [0.2, 0.25) is 0 Å². The molecule has 0 spiro atoms. The van der Waals surface area contributed by atoms with Gasteiger partial charge >= 0.3 is 0 Å². The zero-order valence-electron chi connectivity index (χ0n) is 6.21. The molecule has 3 atom stereocenters. The highest BCUT2D eigenvalue weighted by Gasteiger charge is 2.36. The van der Waals surface area contributed by atoms with E-state index < -0.39 is 0 Å². The van der Waals surface area contributed by atoms with Gasteiger partial charge in [-0.2, -0.15) is 0 Å². The molecule has 2 N–H and O–H groups in total. The molecule has 1 saturated carbocycles. The van der Waals surface area contributed by atoms with Crippen LogP contribution in [0.3, 0.4) is 0 Å². The highest BCUT2D eigenvalue weighted by molar-refractivity contribution is 4.89. The fourth-order valence-corrected chi connectivity index (χ4v) is 2.45. The highest BCUT2D eigenvalue weighted by atomic mass is 16.3. The lowest BCUT2D eigenvalue weighted by Gasteiger charge is -2.20. The Kier molecular flexibility index (Phi) is 1.66. The largest absolute Gasteiger partial charge is 0.396 e. The van der Waals surface area contributed by atoms with Gasteiger partial charge in [-0.25, -0.2) is 0 Å². The number of aliphatic hydroxyl groups excluding tert-OH is 1. The maximum Gasteiger partial charge on any atom is 0.0462 e. The van der Waals surface area contributed by atoms with Gasteiger partial charge in [-0.1, -0.05) is 0 Å². The van der Waals surface area contributed by atoms with Crippen LogP contribution in [-0.4, -0.2) is 24.8 Å². The highest BCUT2D eigenvalue weighted by Crippen LogP contribution is 2.37. The predicted molar refractivity (Wildman–Crippen MR) is 39.7 cm³/mol. The van der Waals surface area contributed by atoms with Crippen LogP contribution >= 0.6 is 0 Å². The van der Waals surface area contributed by atoms with Crippen LogP contribution in [0.2, 0.25) is 0 Å². The van der Waals surface area contributed by atoms with Crippen LogP contribution in [0.1, 0.15) is 12.8 Å². The van der Waals surface area contributed by atoms with Gasteiger partial charge in [0.05, 0.1) is 0 Å². The molecule has 0 amide bonds. The summed E-state index contributed by atoms with van der Waals surface area (Å²) in [6, 6.07) is 0. The molecule has 2 nitrogen and oxygen atoms in total. The van der Waals surface area contributed by atoms with Gasteiger partial charge < -0.3 is 10.4 Å². The van der Waals surface area contributed by atoms with Crippen LogP contribution in [0.15, 0.2) is 0 Å². The van der Waals surface area contributed by atoms with E-state index in [2.05, 4.69) is 5.32 Å². The smallest absolute Gasteiger partial charge is 0.0462 e. The van der Waals surface area contributed by atoms with Crippen molar-refractivity contribution >= 4 is 0 Å². The van der Waals surface area contributed by atoms with E-state index in [1.54, 1.807) is 0 Å². The molecule has 2 fully saturated rings. The summed E-state index contributed by atoms with van der Waals surface area (Å²) in [5.74, 6) is 2.26. The van der Waals surface area contributed by atoms with Crippen LogP contribution in [0.25, 0.3) is 0 Å². The van der Waals surface area contributed by atoms with Crippen molar-refractivity contribution in [2.75, 3.05) is 19.7 Å². The summed E-state index contributed by atoms with van der Waals surface area (Å²) in [4.78, 5) is 0. The lowest BCUT2D eigenvalue weighted by Crippen LogP contribution is -2.32. The monoisotopic (exact) mass is 141 g/mol. The molecule has 0 aromatic rings. The standard InChI is InChI=1S/C8H15NO/c10-5-8-2-6-1-7(8)4-9-3-6/h6-10H,1-5H2. The van der Waals surface area contributed by atoms with Gasteiger partial charge in [0.1, 0.15) is 0 Å². The normalized spacial score (nSPS) is 45.9. The van der Waals surface area contributed by atoms with Crippen molar-refractivity contribution in [3.8, 4) is 0 Å². The molecule has 2 aliphatic rings. The summed E-state index contributed by atoms with van der Waals surface area (Å²) in [6.07, 6.45) is 2.62. The Hall–Kier alpha value is -0.0800. The molecular weight excluding hydrogens is 126 g/mol. The molecule has 0 aromatic heterocycles. The van der Waals surface area contributed by atoms with Gasteiger partial charge in [-0.05, 0) is 43.7 Å². The predicted octanol–water partition coefficient (Wildman–Crippen LogP) is 0.224. The molecule has 2 bridgehead atoms. The fraction of sp³-hybridized carbons (Fsp3) is 1.00. The van der Waals surface area contributed by atoms with Crippen LogP contribution in [0, 0.1) is 17.8 Å². The van der Waals surface area contributed by atoms with Gasteiger partial charge in [-0.3, -0.25) is 0 Å². The van der Waals surface area contributed by atoms with E-state index >= 15 is 0 Å². The molecule has 10 heavy (non-hydrogen) atoms. The first kappa shape index (κ1) is 6.62. The molecule has 2 rings (SSSR count). The maximum absolute atomic E-state index is 8.99. The number of hydrogen-bond acceptors (Lipinski definition) is 2. The summed E-state index contributed by atoms with van der Waals surface area (Å²) < 4.78 is 0. The third kappa shape index (κ3) is 0.956. The maximum atomic E-state index is 8.99. The number of fused-ring (bicyclic) bond motifs is 2. The van der Waals surface area contributed by atoms with E-state index in [9.17, 15) is 0 Å². The minimum Gasteiger partial charge on any atom is -0.396 e. The van der Waals surface area contributed by atoms with Crippen molar-refractivity contribution in [3.63, 3.8) is 0 Å². The molecular formula is C8H15NO. The SMILES string of the molecule is OCC1CC2CNCC1C2. The number of rotatable bonds is 1. The van der Waals surface area contributed by atoms with E-state index in [0.29, 0.717) is 12.5 Å². The van der Waals surface area contributed by atoms with Gasteiger partial charge in [-0.15, -0.1) is 0 Å². The minimum atomic E-state index is 0.406. The van der Waals surface area contributed by atoms with Crippen molar-refractivity contribution < 1.29 is 5.11 Å². The van der Waals surface area contributed by atoms with E-state index in [1.807, 2.05) is 0 Å². The first-order valence-electron chi connectivity index (χ1n) is 4.21. The van der Waals surface area contributed by atoms with Crippen molar-refractivity contribution in [2.45, 2.75) is 12.8 Å².